The van der Waals surface area contributed by atoms with Gasteiger partial charge in [0.1, 0.15) is 0 Å². The van der Waals surface area contributed by atoms with Crippen LogP contribution in [-0.2, 0) is 39.9 Å². The van der Waals surface area contributed by atoms with Crippen molar-refractivity contribution in [3.63, 3.8) is 0 Å². The van der Waals surface area contributed by atoms with Crippen LogP contribution >= 0.6 is 0 Å². The van der Waals surface area contributed by atoms with Crippen LogP contribution in [0.3, 0.4) is 0 Å². The van der Waals surface area contributed by atoms with Crippen LogP contribution in [0.4, 0.5) is 5.69 Å². The third-order valence-electron chi connectivity index (χ3n) is 4.55. The number of nitrogens with zero attached hydrogens (tertiary/aromatic N) is 1. The molecule has 1 fully saturated rings. The minimum absolute atomic E-state index is 0.263. The molecule has 2 rings (SSSR count). The van der Waals surface area contributed by atoms with Crippen molar-refractivity contribution in [2.45, 2.75) is 52.0 Å². The molecule has 1 aromatic carbocycles. The van der Waals surface area contributed by atoms with Crippen LogP contribution in [0.15, 0.2) is 18.2 Å². The monoisotopic (exact) mass is 441 g/mol. The lowest BCUT2D eigenvalue weighted by Gasteiger charge is -2.42. The van der Waals surface area contributed by atoms with Crippen molar-refractivity contribution >= 4 is 23.6 Å². The van der Waals surface area contributed by atoms with Gasteiger partial charge in [0.25, 0.3) is 0 Å². The van der Waals surface area contributed by atoms with E-state index in [2.05, 4.69) is 0 Å². The molecule has 0 bridgehead atoms. The van der Waals surface area contributed by atoms with Crippen molar-refractivity contribution in [1.82, 2.24) is 0 Å². The number of carbonyl (C=O) groups excluding carboxylic acids is 3. The molecule has 1 aromatic rings. The molecule has 0 radical (unpaired) electrons. The third-order valence-corrected chi connectivity index (χ3v) is 4.55. The van der Waals surface area contributed by atoms with Gasteiger partial charge in [-0.15, -0.1) is 0 Å². The second-order valence-electron chi connectivity index (χ2n) is 6.79. The lowest BCUT2D eigenvalue weighted by atomic mass is 9.90. The highest BCUT2D eigenvalue weighted by Crippen LogP contribution is 2.35. The number of aliphatic hydroxyl groups is 1. The molecule has 12 nitrogen and oxygen atoms in total. The Morgan fingerprint density at radius 3 is 2.29 bits per heavy atom. The Bertz CT molecular complexity index is 855. The molecule has 12 heteroatoms. The van der Waals surface area contributed by atoms with E-state index in [4.69, 9.17) is 23.7 Å². The zero-order chi connectivity index (χ0) is 23.3. The number of ether oxygens (including phenoxy) is 5. The third kappa shape index (κ3) is 5.67. The van der Waals surface area contributed by atoms with Gasteiger partial charge in [0.15, 0.2) is 18.0 Å². The Labute approximate surface area is 177 Å². The van der Waals surface area contributed by atoms with Gasteiger partial charge in [-0.2, -0.15) is 0 Å². The molecule has 0 aromatic heterocycles. The smallest absolute Gasteiger partial charge is 0.335 e. The number of methoxy groups -OCH3 is 1. The van der Waals surface area contributed by atoms with Gasteiger partial charge in [-0.1, -0.05) is 13.0 Å². The lowest BCUT2D eigenvalue weighted by Crippen LogP contribution is -2.60. The standard InChI is InChI=1S/C19H23NO11/c1-9-15(28-10(2)22)17(29-11(3)23)19(31-16(9)18(24)27-4)30-14-6-5-12(8-21)7-13(14)20(25)26/h5-7,9,15-17,19,21H,8H2,1-4H3/t9-,15-,16-,17+,19+/m0/s1. The van der Waals surface area contributed by atoms with E-state index >= 15 is 0 Å². The molecule has 31 heavy (non-hydrogen) atoms. The average Bonchev–Trinajstić information content (AvgIpc) is 2.71. The first-order chi connectivity index (χ1) is 14.6. The van der Waals surface area contributed by atoms with Crippen molar-refractivity contribution < 1.29 is 48.1 Å². The molecule has 0 unspecified atom stereocenters. The molecule has 0 saturated carbocycles. The van der Waals surface area contributed by atoms with Gasteiger partial charge in [-0.3, -0.25) is 19.7 Å². The van der Waals surface area contributed by atoms with Gasteiger partial charge in [0, 0.05) is 25.8 Å². The topological polar surface area (TPSA) is 161 Å². The summed E-state index contributed by atoms with van der Waals surface area (Å²) in [5.74, 6) is -3.34. The normalized spacial score (nSPS) is 25.3. The SMILES string of the molecule is COC(=O)[C@H]1O[C@@H](Oc2ccc(CO)cc2[N+](=O)[O-])[C@H](OC(C)=O)[C@@H](OC(C)=O)[C@@H]1C. The zero-order valence-electron chi connectivity index (χ0n) is 17.3. The van der Waals surface area contributed by atoms with E-state index in [9.17, 15) is 29.6 Å². The summed E-state index contributed by atoms with van der Waals surface area (Å²) in [6, 6.07) is 3.71. The summed E-state index contributed by atoms with van der Waals surface area (Å²) in [6.45, 7) is 3.33. The fraction of sp³-hybridized carbons (Fsp3) is 0.526. The molecule has 1 N–H and O–H groups in total. The molecule has 0 spiro atoms. The molecule has 1 aliphatic heterocycles. The first-order valence-corrected chi connectivity index (χ1v) is 9.21. The Hall–Kier alpha value is -3.25. The van der Waals surface area contributed by atoms with E-state index in [1.54, 1.807) is 0 Å². The maximum absolute atomic E-state index is 12.2. The highest BCUT2D eigenvalue weighted by Gasteiger charge is 2.52. The number of hydrogen-bond acceptors (Lipinski definition) is 11. The van der Waals surface area contributed by atoms with Gasteiger partial charge in [-0.05, 0) is 11.6 Å². The number of nitro benzene ring substituents is 1. The average molecular weight is 441 g/mol. The van der Waals surface area contributed by atoms with Crippen molar-refractivity contribution in [2.75, 3.05) is 7.11 Å². The van der Waals surface area contributed by atoms with Gasteiger partial charge in [0.2, 0.25) is 12.4 Å². The Kier molecular flexibility index (Phi) is 7.89. The first-order valence-electron chi connectivity index (χ1n) is 9.21. The minimum atomic E-state index is -1.55. The maximum Gasteiger partial charge on any atom is 0.335 e. The summed E-state index contributed by atoms with van der Waals surface area (Å²) in [5.41, 5.74) is -0.229. The van der Waals surface area contributed by atoms with E-state index in [1.165, 1.54) is 19.1 Å². The molecule has 1 aliphatic rings. The van der Waals surface area contributed by atoms with Crippen LogP contribution in [0.25, 0.3) is 0 Å². The molecule has 0 aliphatic carbocycles. The zero-order valence-corrected chi connectivity index (χ0v) is 17.3. The minimum Gasteiger partial charge on any atom is -0.467 e. The van der Waals surface area contributed by atoms with E-state index in [-0.39, 0.29) is 11.3 Å². The summed E-state index contributed by atoms with van der Waals surface area (Å²) in [7, 11) is 1.13. The quantitative estimate of drug-likeness (QED) is 0.276. The van der Waals surface area contributed by atoms with Crippen LogP contribution in [0, 0.1) is 16.0 Å². The number of nitro groups is 1. The summed E-state index contributed by atoms with van der Waals surface area (Å²) in [5, 5.41) is 20.7. The Balaban J connectivity index is 2.49. The summed E-state index contributed by atoms with van der Waals surface area (Å²) in [4.78, 5) is 46.2. The number of aliphatic hydroxyl groups excluding tert-OH is 1. The van der Waals surface area contributed by atoms with E-state index in [0.717, 1.165) is 27.0 Å². The molecule has 0 amide bonds. The maximum atomic E-state index is 12.2. The number of carbonyl (C=O) groups is 3. The lowest BCUT2D eigenvalue weighted by molar-refractivity contribution is -0.387. The molecule has 170 valence electrons. The predicted molar refractivity (Wildman–Crippen MR) is 101 cm³/mol. The fourth-order valence-corrected chi connectivity index (χ4v) is 3.16. The highest BCUT2D eigenvalue weighted by molar-refractivity contribution is 5.75. The fourth-order valence-electron chi connectivity index (χ4n) is 3.16. The molecule has 5 atom stereocenters. The molecule has 1 saturated heterocycles. The van der Waals surface area contributed by atoms with Crippen molar-refractivity contribution in [3.8, 4) is 5.75 Å². The van der Waals surface area contributed by atoms with Crippen LogP contribution < -0.4 is 4.74 Å². The van der Waals surface area contributed by atoms with Gasteiger partial charge >= 0.3 is 23.6 Å². The van der Waals surface area contributed by atoms with Crippen LogP contribution in [0.5, 0.6) is 5.75 Å². The van der Waals surface area contributed by atoms with Gasteiger partial charge < -0.3 is 28.8 Å². The van der Waals surface area contributed by atoms with Gasteiger partial charge in [-0.25, -0.2) is 4.79 Å². The number of benzene rings is 1. The predicted octanol–water partition coefficient (Wildman–Crippen LogP) is 0.863. The first kappa shape index (κ1) is 24.0. The molecular weight excluding hydrogens is 418 g/mol. The van der Waals surface area contributed by atoms with Crippen molar-refractivity contribution in [2.24, 2.45) is 5.92 Å². The van der Waals surface area contributed by atoms with Crippen LogP contribution in [0.2, 0.25) is 0 Å². The summed E-state index contributed by atoms with van der Waals surface area (Å²) in [6.07, 6.45) is -5.33. The number of esters is 3. The number of rotatable bonds is 7. The Morgan fingerprint density at radius 2 is 1.77 bits per heavy atom. The van der Waals surface area contributed by atoms with Crippen LogP contribution in [-0.4, -0.2) is 59.6 Å². The summed E-state index contributed by atoms with van der Waals surface area (Å²) < 4.78 is 26.5. The summed E-state index contributed by atoms with van der Waals surface area (Å²) >= 11 is 0. The van der Waals surface area contributed by atoms with Crippen LogP contribution in [0.1, 0.15) is 26.3 Å². The van der Waals surface area contributed by atoms with E-state index in [1.807, 2.05) is 0 Å². The van der Waals surface area contributed by atoms with Gasteiger partial charge in [0.05, 0.1) is 18.6 Å². The second kappa shape index (κ2) is 10.2. The van der Waals surface area contributed by atoms with E-state index in [0.29, 0.717) is 0 Å². The highest BCUT2D eigenvalue weighted by atomic mass is 16.7. The molecule has 1 heterocycles. The van der Waals surface area contributed by atoms with Crippen molar-refractivity contribution in [1.29, 1.82) is 0 Å². The Morgan fingerprint density at radius 1 is 1.16 bits per heavy atom. The number of hydrogen-bond donors (Lipinski definition) is 1. The van der Waals surface area contributed by atoms with Crippen molar-refractivity contribution in [3.05, 3.63) is 33.9 Å². The molecular formula is C19H23NO11. The largest absolute Gasteiger partial charge is 0.467 e. The second-order valence-corrected chi connectivity index (χ2v) is 6.79. The van der Waals surface area contributed by atoms with E-state index < -0.39 is 65.6 Å².